The number of nitrogens with two attached hydrogens (primary N) is 2. The number of carbonyl (C=O) groups excluding carboxylic acids is 1. The molecule has 2 aromatic rings. The van der Waals surface area contributed by atoms with Crippen LogP contribution in [0.1, 0.15) is 41.9 Å². The summed E-state index contributed by atoms with van der Waals surface area (Å²) in [7, 11) is 0. The number of nitrogens with one attached hydrogen (secondary N) is 2. The third kappa shape index (κ3) is 4.49. The van der Waals surface area contributed by atoms with Crippen molar-refractivity contribution in [3.8, 4) is 12.3 Å². The van der Waals surface area contributed by atoms with Crippen molar-refractivity contribution in [3.63, 3.8) is 0 Å². The molecular formula is C20H25N7O. The summed E-state index contributed by atoms with van der Waals surface area (Å²) in [4.78, 5) is 25.6. The Hall–Kier alpha value is -3.34. The molecule has 0 saturated heterocycles. The van der Waals surface area contributed by atoms with Gasteiger partial charge in [0, 0.05) is 5.39 Å². The molecule has 1 saturated carbocycles. The Morgan fingerprint density at radius 2 is 2.11 bits per heavy atom. The van der Waals surface area contributed by atoms with Crippen LogP contribution in [-0.4, -0.2) is 40.5 Å². The molecule has 1 heterocycles. The van der Waals surface area contributed by atoms with E-state index in [2.05, 4.69) is 31.5 Å². The van der Waals surface area contributed by atoms with Crippen LogP contribution in [0.15, 0.2) is 23.2 Å². The summed E-state index contributed by atoms with van der Waals surface area (Å²) in [5.74, 6) is 2.72. The maximum absolute atomic E-state index is 12.4. The number of hydrogen-bond acceptors (Lipinski definition) is 5. The summed E-state index contributed by atoms with van der Waals surface area (Å²) in [6.07, 6.45) is 9.18. The lowest BCUT2D eigenvalue weighted by atomic mass is 9.90. The Balaban J connectivity index is 2.00. The molecule has 28 heavy (non-hydrogen) atoms. The molecule has 0 spiro atoms. The zero-order valence-corrected chi connectivity index (χ0v) is 15.9. The monoisotopic (exact) mass is 379 g/mol. The smallest absolute Gasteiger partial charge is 0.289 e. The summed E-state index contributed by atoms with van der Waals surface area (Å²) in [5.41, 5.74) is 13.0. The van der Waals surface area contributed by atoms with Crippen LogP contribution in [0, 0.1) is 19.3 Å². The molecule has 0 aliphatic heterocycles. The van der Waals surface area contributed by atoms with Crippen LogP contribution in [0.5, 0.6) is 0 Å². The van der Waals surface area contributed by atoms with Crippen LogP contribution in [0.4, 0.5) is 5.82 Å². The van der Waals surface area contributed by atoms with Gasteiger partial charge in [0.1, 0.15) is 5.82 Å². The fourth-order valence-corrected chi connectivity index (χ4v) is 3.47. The first-order chi connectivity index (χ1) is 13.5. The Morgan fingerprint density at radius 1 is 1.32 bits per heavy atom. The Morgan fingerprint density at radius 3 is 2.86 bits per heavy atom. The van der Waals surface area contributed by atoms with E-state index in [0.29, 0.717) is 11.3 Å². The van der Waals surface area contributed by atoms with Crippen molar-refractivity contribution in [1.29, 1.82) is 0 Å². The van der Waals surface area contributed by atoms with Gasteiger partial charge in [-0.15, -0.1) is 6.42 Å². The van der Waals surface area contributed by atoms with Crippen molar-refractivity contribution < 1.29 is 4.79 Å². The molecule has 2 atom stereocenters. The number of fused-ring (bicyclic) bond motifs is 1. The molecule has 6 N–H and O–H groups in total. The topological polar surface area (TPSA) is 131 Å². The fourth-order valence-electron chi connectivity index (χ4n) is 3.47. The van der Waals surface area contributed by atoms with Crippen LogP contribution < -0.4 is 22.1 Å². The Labute approximate surface area is 164 Å². The molecule has 3 rings (SSSR count). The van der Waals surface area contributed by atoms with E-state index in [1.807, 2.05) is 25.1 Å². The maximum atomic E-state index is 12.4. The summed E-state index contributed by atoms with van der Waals surface area (Å²) >= 11 is 0. The Bertz CT molecular complexity index is 943. The third-order valence-electron chi connectivity index (χ3n) is 4.77. The van der Waals surface area contributed by atoms with Crippen molar-refractivity contribution in [2.45, 2.75) is 44.7 Å². The predicted molar refractivity (Wildman–Crippen MR) is 111 cm³/mol. The van der Waals surface area contributed by atoms with Gasteiger partial charge in [0.05, 0.1) is 24.1 Å². The van der Waals surface area contributed by atoms with Gasteiger partial charge in [-0.25, -0.2) is 15.0 Å². The highest BCUT2D eigenvalue weighted by atomic mass is 16.2. The van der Waals surface area contributed by atoms with Gasteiger partial charge in [-0.2, -0.15) is 0 Å². The number of terminal acetylenes is 1. The van der Waals surface area contributed by atoms with Crippen LogP contribution in [0.25, 0.3) is 10.9 Å². The average Bonchev–Trinajstić information content (AvgIpc) is 2.67. The lowest BCUT2D eigenvalue weighted by Crippen LogP contribution is -2.38. The van der Waals surface area contributed by atoms with Gasteiger partial charge >= 0.3 is 0 Å². The largest absolute Gasteiger partial charge is 0.370 e. The summed E-state index contributed by atoms with van der Waals surface area (Å²) in [6, 6.07) is 5.82. The molecule has 0 bridgehead atoms. The molecule has 1 aromatic carbocycles. The average molecular weight is 379 g/mol. The molecule has 8 nitrogen and oxygen atoms in total. The minimum atomic E-state index is -0.409. The molecule has 1 aliphatic carbocycles. The number of benzene rings is 1. The summed E-state index contributed by atoms with van der Waals surface area (Å²) in [6.45, 7) is 2.12. The Kier molecular flexibility index (Phi) is 5.94. The second-order valence-electron chi connectivity index (χ2n) is 6.96. The highest BCUT2D eigenvalue weighted by molar-refractivity contribution is 5.96. The number of amides is 1. The van der Waals surface area contributed by atoms with Crippen molar-refractivity contribution in [2.24, 2.45) is 16.5 Å². The van der Waals surface area contributed by atoms with Gasteiger partial charge < -0.3 is 22.1 Å². The molecule has 1 aliphatic rings. The minimum absolute atomic E-state index is 0.0241. The normalized spacial score (nSPS) is 18.9. The molecule has 8 heteroatoms. The fraction of sp³-hybridized carbons (Fsp3) is 0.400. The third-order valence-corrected chi connectivity index (χ3v) is 4.77. The molecule has 0 radical (unpaired) electrons. The minimum Gasteiger partial charge on any atom is -0.370 e. The first-order valence-corrected chi connectivity index (χ1v) is 9.33. The standard InChI is InChI=1S/C20H25N7O/c1-3-10-23-19(28)18-24-14-9-8-12(2)11-13(14)17(27-18)25-15-6-4-5-7-16(15)26-20(21)22/h1,8-9,11,15-16H,4-7,10H2,2H3,(H,23,28)(H4,21,22,26)(H,24,25,27)/t15-,16+/m0/s1. The number of anilines is 1. The number of aryl methyl sites for hydroxylation is 1. The van der Waals surface area contributed by atoms with E-state index in [0.717, 1.165) is 36.6 Å². The second kappa shape index (κ2) is 8.57. The van der Waals surface area contributed by atoms with Gasteiger partial charge in [-0.3, -0.25) is 4.79 Å². The van der Waals surface area contributed by atoms with Crippen LogP contribution >= 0.6 is 0 Å². The number of guanidine groups is 1. The van der Waals surface area contributed by atoms with E-state index in [4.69, 9.17) is 17.9 Å². The summed E-state index contributed by atoms with van der Waals surface area (Å²) in [5, 5.41) is 6.93. The SMILES string of the molecule is C#CCNC(=O)c1nc(N[C@H]2CCCC[C@H]2N=C(N)N)c2cc(C)ccc2n1. The van der Waals surface area contributed by atoms with E-state index in [1.54, 1.807) is 0 Å². The number of carbonyl (C=O) groups is 1. The predicted octanol–water partition coefficient (Wildman–Crippen LogP) is 1.30. The number of rotatable bonds is 5. The van der Waals surface area contributed by atoms with E-state index >= 15 is 0 Å². The maximum Gasteiger partial charge on any atom is 0.289 e. The van der Waals surface area contributed by atoms with Crippen LogP contribution in [0.2, 0.25) is 0 Å². The lowest BCUT2D eigenvalue weighted by molar-refractivity contribution is 0.0949. The second-order valence-corrected chi connectivity index (χ2v) is 6.96. The first kappa shape index (κ1) is 19.4. The van der Waals surface area contributed by atoms with E-state index < -0.39 is 5.91 Å². The van der Waals surface area contributed by atoms with Crippen molar-refractivity contribution in [2.75, 3.05) is 11.9 Å². The molecule has 146 valence electrons. The molecule has 1 aromatic heterocycles. The van der Waals surface area contributed by atoms with Gasteiger partial charge in [0.2, 0.25) is 5.82 Å². The molecule has 1 fully saturated rings. The number of aliphatic imine (C=N–C) groups is 1. The number of nitrogens with zero attached hydrogens (tertiary/aromatic N) is 3. The number of aromatic nitrogens is 2. The number of hydrogen-bond donors (Lipinski definition) is 4. The highest BCUT2D eigenvalue weighted by Gasteiger charge is 2.26. The van der Waals surface area contributed by atoms with Crippen LogP contribution in [0.3, 0.4) is 0 Å². The first-order valence-electron chi connectivity index (χ1n) is 9.33. The van der Waals surface area contributed by atoms with Crippen molar-refractivity contribution >= 4 is 28.6 Å². The molecule has 1 amide bonds. The summed E-state index contributed by atoms with van der Waals surface area (Å²) < 4.78 is 0. The zero-order valence-electron chi connectivity index (χ0n) is 15.9. The van der Waals surface area contributed by atoms with Crippen molar-refractivity contribution in [3.05, 3.63) is 29.6 Å². The molecule has 0 unspecified atom stereocenters. The van der Waals surface area contributed by atoms with E-state index in [-0.39, 0.29) is 30.4 Å². The lowest BCUT2D eigenvalue weighted by Gasteiger charge is -2.30. The van der Waals surface area contributed by atoms with Gasteiger partial charge in [0.15, 0.2) is 5.96 Å². The van der Waals surface area contributed by atoms with E-state index in [1.165, 1.54) is 0 Å². The zero-order chi connectivity index (χ0) is 20.1. The van der Waals surface area contributed by atoms with Gasteiger partial charge in [-0.05, 0) is 31.9 Å². The van der Waals surface area contributed by atoms with Gasteiger partial charge in [-0.1, -0.05) is 30.4 Å². The molecular weight excluding hydrogens is 354 g/mol. The van der Waals surface area contributed by atoms with E-state index in [9.17, 15) is 4.79 Å². The van der Waals surface area contributed by atoms with Gasteiger partial charge in [0.25, 0.3) is 5.91 Å². The van der Waals surface area contributed by atoms with Crippen LogP contribution in [-0.2, 0) is 0 Å². The highest BCUT2D eigenvalue weighted by Crippen LogP contribution is 2.28. The van der Waals surface area contributed by atoms with Crippen molar-refractivity contribution in [1.82, 2.24) is 15.3 Å². The quantitative estimate of drug-likeness (QED) is 0.352.